The monoisotopic (exact) mass is 570 g/mol. The van der Waals surface area contributed by atoms with E-state index in [0.717, 1.165) is 24.0 Å². The Balaban J connectivity index is 0.00000205. The average Bonchev–Trinajstić information content (AvgIpc) is 2.98. The third-order valence-electron chi connectivity index (χ3n) is 6.44. The molecule has 1 unspecified atom stereocenters. The predicted octanol–water partition coefficient (Wildman–Crippen LogP) is 5.34. The maximum absolute atomic E-state index is 12.8. The minimum absolute atomic E-state index is 0.101. The van der Waals surface area contributed by atoms with Crippen molar-refractivity contribution < 1.29 is 19.1 Å². The minimum atomic E-state index is -0.911. The van der Waals surface area contributed by atoms with Gasteiger partial charge in [-0.3, -0.25) is 14.6 Å². The molecule has 1 aromatic heterocycles. The van der Waals surface area contributed by atoms with Crippen LogP contribution in [-0.4, -0.2) is 58.9 Å². The van der Waals surface area contributed by atoms with Gasteiger partial charge in [0.1, 0.15) is 11.7 Å². The third-order valence-corrected chi connectivity index (χ3v) is 7.07. The van der Waals surface area contributed by atoms with Crippen molar-refractivity contribution in [1.82, 2.24) is 20.2 Å². The number of likely N-dealkylation sites (tertiary alicyclic amines) is 1. The smallest absolute Gasteiger partial charge is 0.328 e. The van der Waals surface area contributed by atoms with Crippen LogP contribution < -0.4 is 5.32 Å². The Labute approximate surface area is 238 Å². The van der Waals surface area contributed by atoms with Gasteiger partial charge in [0.15, 0.2) is 0 Å². The summed E-state index contributed by atoms with van der Waals surface area (Å²) in [4.78, 5) is 47.7. The molecule has 0 saturated carbocycles. The molecule has 1 atom stereocenters. The van der Waals surface area contributed by atoms with E-state index in [2.05, 4.69) is 15.3 Å². The van der Waals surface area contributed by atoms with Gasteiger partial charge in [-0.25, -0.2) is 9.78 Å². The zero-order valence-corrected chi connectivity index (χ0v) is 23.7. The first-order chi connectivity index (χ1) is 18.9. The molecule has 2 heterocycles. The van der Waals surface area contributed by atoms with Crippen LogP contribution in [0.2, 0.25) is 10.0 Å². The summed E-state index contributed by atoms with van der Waals surface area (Å²) in [5.74, 6) is -0.902. The molecule has 1 aliphatic heterocycles. The summed E-state index contributed by atoms with van der Waals surface area (Å²) in [6.45, 7) is 5.28. The summed E-state index contributed by atoms with van der Waals surface area (Å²) < 4.78 is 4.90. The lowest BCUT2D eigenvalue weighted by Crippen LogP contribution is -2.43. The highest BCUT2D eigenvalue weighted by atomic mass is 35.5. The second kappa shape index (κ2) is 14.6. The van der Waals surface area contributed by atoms with Gasteiger partial charge in [0.25, 0.3) is 11.8 Å². The fourth-order valence-corrected chi connectivity index (χ4v) is 5.00. The number of ether oxygens (including phenoxy) is 1. The topological polar surface area (TPSA) is 101 Å². The molecule has 1 aliphatic rings. The number of halogens is 2. The lowest BCUT2D eigenvalue weighted by Gasteiger charge is -2.32. The standard InChI is InChI=1S/C27H26Cl2N4O4.C2H6/c1-37-27(36)22(32-25(34)24-20(28)3-2-4-21(24)29)15-17-5-7-18(8-6-17)19-9-13-33(14-10-19)26(35)23-16-30-11-12-31-23;1-2/h2-8,11-12,16,19,22H,9-10,13-15H2,1H3,(H,32,34);1-2H3. The van der Waals surface area contributed by atoms with Gasteiger partial charge >= 0.3 is 5.97 Å². The Morgan fingerprint density at radius 2 is 1.67 bits per heavy atom. The number of aromatic nitrogens is 2. The van der Waals surface area contributed by atoms with E-state index in [1.807, 2.05) is 43.0 Å². The molecule has 0 aliphatic carbocycles. The van der Waals surface area contributed by atoms with Crippen LogP contribution in [0.5, 0.6) is 0 Å². The molecule has 0 spiro atoms. The summed E-state index contributed by atoms with van der Waals surface area (Å²) in [6.07, 6.45) is 6.47. The lowest BCUT2D eigenvalue weighted by atomic mass is 9.88. The van der Waals surface area contributed by atoms with Crippen molar-refractivity contribution in [1.29, 1.82) is 0 Å². The van der Waals surface area contributed by atoms with Crippen LogP contribution in [0.25, 0.3) is 0 Å². The molecule has 1 saturated heterocycles. The van der Waals surface area contributed by atoms with Gasteiger partial charge < -0.3 is 15.0 Å². The highest BCUT2D eigenvalue weighted by molar-refractivity contribution is 6.39. The van der Waals surface area contributed by atoms with Crippen molar-refractivity contribution in [3.63, 3.8) is 0 Å². The van der Waals surface area contributed by atoms with Crippen molar-refractivity contribution in [2.75, 3.05) is 20.2 Å². The average molecular weight is 572 g/mol. The number of carbonyl (C=O) groups is 3. The lowest BCUT2D eigenvalue weighted by molar-refractivity contribution is -0.142. The molecule has 0 radical (unpaired) electrons. The van der Waals surface area contributed by atoms with E-state index in [0.29, 0.717) is 24.7 Å². The molecule has 1 N–H and O–H groups in total. The number of esters is 1. The summed E-state index contributed by atoms with van der Waals surface area (Å²) in [6, 6.07) is 11.8. The van der Waals surface area contributed by atoms with Crippen LogP contribution in [0.4, 0.5) is 0 Å². The van der Waals surface area contributed by atoms with Gasteiger partial charge in [0.2, 0.25) is 0 Å². The van der Waals surface area contributed by atoms with E-state index in [-0.39, 0.29) is 27.9 Å². The van der Waals surface area contributed by atoms with Crippen molar-refractivity contribution in [2.45, 2.75) is 45.1 Å². The first-order valence-corrected chi connectivity index (χ1v) is 13.6. The normalized spacial score (nSPS) is 14.0. The Kier molecular flexibility index (Phi) is 11.3. The molecule has 0 bridgehead atoms. The molecule has 10 heteroatoms. The van der Waals surface area contributed by atoms with Crippen LogP contribution in [0.3, 0.4) is 0 Å². The number of carbonyl (C=O) groups excluding carboxylic acids is 3. The van der Waals surface area contributed by atoms with E-state index in [1.54, 1.807) is 24.4 Å². The van der Waals surface area contributed by atoms with Crippen molar-refractivity contribution in [3.05, 3.63) is 93.5 Å². The number of hydrogen-bond donors (Lipinski definition) is 1. The number of benzene rings is 2. The summed E-state index contributed by atoms with van der Waals surface area (Å²) in [5, 5.41) is 3.09. The summed E-state index contributed by atoms with van der Waals surface area (Å²) in [7, 11) is 1.27. The molecule has 1 fully saturated rings. The SMILES string of the molecule is CC.COC(=O)C(Cc1ccc(C2CCN(C(=O)c3cnccn3)CC2)cc1)NC(=O)c1c(Cl)cccc1Cl. The maximum atomic E-state index is 12.8. The maximum Gasteiger partial charge on any atom is 0.328 e. The molecular weight excluding hydrogens is 539 g/mol. The Hall–Kier alpha value is -3.49. The molecular formula is C29H32Cl2N4O4. The Bertz CT molecular complexity index is 1240. The first-order valence-electron chi connectivity index (χ1n) is 12.8. The largest absolute Gasteiger partial charge is 0.467 e. The Morgan fingerprint density at radius 3 is 2.23 bits per heavy atom. The quantitative estimate of drug-likeness (QED) is 0.384. The van der Waals surface area contributed by atoms with Gasteiger partial charge in [-0.1, -0.05) is 67.4 Å². The van der Waals surface area contributed by atoms with E-state index in [1.165, 1.54) is 19.5 Å². The van der Waals surface area contributed by atoms with Crippen LogP contribution >= 0.6 is 23.2 Å². The first kappa shape index (κ1) is 30.1. The Morgan fingerprint density at radius 1 is 1.03 bits per heavy atom. The van der Waals surface area contributed by atoms with Gasteiger partial charge in [-0.15, -0.1) is 0 Å². The van der Waals surface area contributed by atoms with Gasteiger partial charge in [0.05, 0.1) is 28.9 Å². The molecule has 206 valence electrons. The molecule has 8 nitrogen and oxygen atoms in total. The number of hydrogen-bond acceptors (Lipinski definition) is 6. The predicted molar refractivity (Wildman–Crippen MR) is 151 cm³/mol. The van der Waals surface area contributed by atoms with Crippen LogP contribution in [-0.2, 0) is 16.0 Å². The van der Waals surface area contributed by atoms with Crippen molar-refractivity contribution in [2.24, 2.45) is 0 Å². The van der Waals surface area contributed by atoms with E-state index >= 15 is 0 Å². The molecule has 4 rings (SSSR count). The van der Waals surface area contributed by atoms with E-state index < -0.39 is 17.9 Å². The zero-order valence-electron chi connectivity index (χ0n) is 22.2. The number of piperidine rings is 1. The number of nitrogens with one attached hydrogen (secondary N) is 1. The van der Waals surface area contributed by atoms with E-state index in [9.17, 15) is 14.4 Å². The van der Waals surface area contributed by atoms with Crippen LogP contribution in [0.15, 0.2) is 61.1 Å². The highest BCUT2D eigenvalue weighted by Gasteiger charge is 2.27. The van der Waals surface area contributed by atoms with Crippen molar-refractivity contribution >= 4 is 41.0 Å². The zero-order chi connectivity index (χ0) is 28.4. The second-order valence-corrected chi connectivity index (χ2v) is 9.56. The third kappa shape index (κ3) is 7.77. The molecule has 39 heavy (non-hydrogen) atoms. The highest BCUT2D eigenvalue weighted by Crippen LogP contribution is 2.29. The van der Waals surface area contributed by atoms with Gasteiger partial charge in [0, 0.05) is 31.9 Å². The molecule has 2 aromatic carbocycles. The molecule has 3 aromatic rings. The summed E-state index contributed by atoms with van der Waals surface area (Å²) in [5.41, 5.74) is 2.49. The van der Waals surface area contributed by atoms with Crippen LogP contribution in [0.1, 0.15) is 64.6 Å². The van der Waals surface area contributed by atoms with Gasteiger partial charge in [-0.2, -0.15) is 0 Å². The number of methoxy groups -OCH3 is 1. The van der Waals surface area contributed by atoms with Crippen LogP contribution in [0, 0.1) is 0 Å². The minimum Gasteiger partial charge on any atom is -0.467 e. The number of amides is 2. The summed E-state index contributed by atoms with van der Waals surface area (Å²) >= 11 is 12.3. The van der Waals surface area contributed by atoms with Gasteiger partial charge in [-0.05, 0) is 42.0 Å². The molecule has 2 amide bonds. The fourth-order valence-electron chi connectivity index (χ4n) is 4.43. The fraction of sp³-hybridized carbons (Fsp3) is 0.345. The van der Waals surface area contributed by atoms with Crippen molar-refractivity contribution in [3.8, 4) is 0 Å². The second-order valence-electron chi connectivity index (χ2n) is 8.75. The number of nitrogens with zero attached hydrogens (tertiary/aromatic N) is 3. The van der Waals surface area contributed by atoms with E-state index in [4.69, 9.17) is 27.9 Å². The number of rotatable bonds is 7.